The SMILES string of the molecule is O=C(N[C@@]1(C(F)(F)F)NC(=O)N(C2CCCC2)C1=O)c1cccs1. The molecule has 2 fully saturated rings. The number of nitrogens with one attached hydrogen (secondary N) is 2. The van der Waals surface area contributed by atoms with Crippen LogP contribution in [-0.4, -0.2) is 40.6 Å². The number of hydrogen-bond donors (Lipinski definition) is 2. The number of halogens is 3. The lowest BCUT2D eigenvalue weighted by molar-refractivity contribution is -0.200. The Morgan fingerprint density at radius 3 is 2.54 bits per heavy atom. The standard InChI is InChI=1S/C14H14F3N3O3S/c15-14(16,17)13(18-10(21)9-6-3-7-24-9)11(22)20(12(23)19-13)8-4-1-2-5-8/h3,6-8H,1-2,4-5H2,(H,18,21)(H,19,23)/t13-/m1/s1. The Morgan fingerprint density at radius 1 is 1.33 bits per heavy atom. The predicted octanol–water partition coefficient (Wildman–Crippen LogP) is 2.23. The highest BCUT2D eigenvalue weighted by Crippen LogP contribution is 2.37. The van der Waals surface area contributed by atoms with Crippen LogP contribution in [0.2, 0.25) is 0 Å². The highest BCUT2D eigenvalue weighted by atomic mass is 32.1. The summed E-state index contributed by atoms with van der Waals surface area (Å²) in [5, 5.41) is 4.88. The monoisotopic (exact) mass is 361 g/mol. The molecule has 1 aliphatic heterocycles. The first-order valence-electron chi connectivity index (χ1n) is 7.35. The lowest BCUT2D eigenvalue weighted by Crippen LogP contribution is -2.69. The van der Waals surface area contributed by atoms with Crippen LogP contribution < -0.4 is 10.6 Å². The molecule has 10 heteroatoms. The van der Waals surface area contributed by atoms with E-state index in [-0.39, 0.29) is 4.88 Å². The van der Waals surface area contributed by atoms with Crippen molar-refractivity contribution in [1.82, 2.24) is 15.5 Å². The summed E-state index contributed by atoms with van der Waals surface area (Å²) in [6, 6.07) is 1.14. The Hall–Kier alpha value is -2.10. The topological polar surface area (TPSA) is 78.5 Å². The largest absolute Gasteiger partial charge is 0.440 e. The molecule has 1 atom stereocenters. The number of nitrogens with zero attached hydrogens (tertiary/aromatic N) is 1. The summed E-state index contributed by atoms with van der Waals surface area (Å²) in [7, 11) is 0. The second-order valence-corrected chi connectivity index (χ2v) is 6.67. The lowest BCUT2D eigenvalue weighted by Gasteiger charge is -2.30. The minimum Gasteiger partial charge on any atom is -0.313 e. The van der Waals surface area contributed by atoms with Crippen LogP contribution in [0, 0.1) is 0 Å². The number of rotatable bonds is 3. The van der Waals surface area contributed by atoms with Gasteiger partial charge in [0.2, 0.25) is 0 Å². The maximum atomic E-state index is 13.6. The van der Waals surface area contributed by atoms with Gasteiger partial charge in [-0.2, -0.15) is 13.2 Å². The van der Waals surface area contributed by atoms with Gasteiger partial charge in [-0.3, -0.25) is 19.8 Å². The number of alkyl halides is 3. The zero-order chi connectivity index (χ0) is 17.5. The molecular formula is C14H14F3N3O3S. The highest BCUT2D eigenvalue weighted by molar-refractivity contribution is 7.12. The molecule has 1 aromatic rings. The summed E-state index contributed by atoms with van der Waals surface area (Å²) in [5.41, 5.74) is -3.42. The van der Waals surface area contributed by atoms with Gasteiger partial charge in [0.15, 0.2) is 0 Å². The maximum Gasteiger partial charge on any atom is 0.440 e. The molecular weight excluding hydrogens is 347 g/mol. The quantitative estimate of drug-likeness (QED) is 0.811. The van der Waals surface area contributed by atoms with E-state index >= 15 is 0 Å². The normalized spacial score (nSPS) is 25.2. The summed E-state index contributed by atoms with van der Waals surface area (Å²) >= 11 is 0.935. The minimum atomic E-state index is -5.17. The van der Waals surface area contributed by atoms with Crippen LogP contribution in [0.1, 0.15) is 35.4 Å². The second-order valence-electron chi connectivity index (χ2n) is 5.72. The van der Waals surface area contributed by atoms with Gasteiger partial charge >= 0.3 is 12.2 Å². The van der Waals surface area contributed by atoms with E-state index in [4.69, 9.17) is 0 Å². The number of imide groups is 1. The number of urea groups is 1. The van der Waals surface area contributed by atoms with Crippen LogP contribution in [0.4, 0.5) is 18.0 Å². The molecule has 2 aliphatic rings. The number of amides is 4. The Balaban J connectivity index is 1.93. The van der Waals surface area contributed by atoms with Gasteiger partial charge in [-0.1, -0.05) is 18.9 Å². The van der Waals surface area contributed by atoms with Crippen molar-refractivity contribution in [1.29, 1.82) is 0 Å². The number of hydrogen-bond acceptors (Lipinski definition) is 4. The third-order valence-electron chi connectivity index (χ3n) is 4.21. The molecule has 0 unspecified atom stereocenters. The van der Waals surface area contributed by atoms with Gasteiger partial charge in [0.05, 0.1) is 4.88 Å². The van der Waals surface area contributed by atoms with Crippen LogP contribution >= 0.6 is 11.3 Å². The molecule has 0 aromatic carbocycles. The third-order valence-corrected chi connectivity index (χ3v) is 5.08. The molecule has 24 heavy (non-hydrogen) atoms. The minimum absolute atomic E-state index is 0.0139. The van der Waals surface area contributed by atoms with Crippen molar-refractivity contribution in [3.05, 3.63) is 22.4 Å². The van der Waals surface area contributed by atoms with Crippen molar-refractivity contribution in [2.75, 3.05) is 0 Å². The van der Waals surface area contributed by atoms with Gasteiger partial charge in [0, 0.05) is 6.04 Å². The van der Waals surface area contributed by atoms with Crippen LogP contribution in [0.3, 0.4) is 0 Å². The summed E-state index contributed by atoms with van der Waals surface area (Å²) in [4.78, 5) is 37.2. The Morgan fingerprint density at radius 2 is 2.00 bits per heavy atom. The highest BCUT2D eigenvalue weighted by Gasteiger charge is 2.69. The fourth-order valence-corrected chi connectivity index (χ4v) is 3.65. The Labute approximate surface area is 139 Å². The molecule has 1 saturated heterocycles. The van der Waals surface area contributed by atoms with Gasteiger partial charge in [-0.05, 0) is 24.3 Å². The number of carbonyl (C=O) groups is 3. The molecule has 1 saturated carbocycles. The van der Waals surface area contributed by atoms with Gasteiger partial charge in [0.25, 0.3) is 17.5 Å². The van der Waals surface area contributed by atoms with E-state index in [1.165, 1.54) is 17.5 Å². The fraction of sp³-hybridized carbons (Fsp3) is 0.500. The van der Waals surface area contributed by atoms with Crippen molar-refractivity contribution in [3.63, 3.8) is 0 Å². The Bertz CT molecular complexity index is 671. The smallest absolute Gasteiger partial charge is 0.313 e. The van der Waals surface area contributed by atoms with Crippen molar-refractivity contribution in [2.45, 2.75) is 43.6 Å². The molecule has 3 rings (SSSR count). The fourth-order valence-electron chi connectivity index (χ4n) is 3.03. The van der Waals surface area contributed by atoms with Crippen LogP contribution in [0.5, 0.6) is 0 Å². The first-order valence-corrected chi connectivity index (χ1v) is 8.23. The molecule has 1 aliphatic carbocycles. The van der Waals surface area contributed by atoms with Gasteiger partial charge in [-0.25, -0.2) is 4.79 Å². The molecule has 130 valence electrons. The zero-order valence-corrected chi connectivity index (χ0v) is 13.2. The van der Waals surface area contributed by atoms with E-state index in [1.807, 2.05) is 0 Å². The van der Waals surface area contributed by atoms with Crippen molar-refractivity contribution >= 4 is 29.2 Å². The van der Waals surface area contributed by atoms with Crippen molar-refractivity contribution < 1.29 is 27.6 Å². The summed E-state index contributed by atoms with van der Waals surface area (Å²) in [6.07, 6.45) is -2.76. The van der Waals surface area contributed by atoms with Crippen molar-refractivity contribution in [3.8, 4) is 0 Å². The van der Waals surface area contributed by atoms with Crippen LogP contribution in [0.15, 0.2) is 17.5 Å². The number of thiophene rings is 1. The van der Waals surface area contributed by atoms with E-state index in [0.717, 1.165) is 24.2 Å². The summed E-state index contributed by atoms with van der Waals surface area (Å²) < 4.78 is 40.9. The molecule has 0 spiro atoms. The molecule has 2 N–H and O–H groups in total. The van der Waals surface area contributed by atoms with E-state index in [1.54, 1.807) is 10.6 Å². The number of carbonyl (C=O) groups excluding carboxylic acids is 3. The van der Waals surface area contributed by atoms with E-state index in [2.05, 4.69) is 0 Å². The van der Waals surface area contributed by atoms with Gasteiger partial charge < -0.3 is 5.32 Å². The van der Waals surface area contributed by atoms with Gasteiger partial charge in [0.1, 0.15) is 0 Å². The van der Waals surface area contributed by atoms with Crippen LogP contribution in [0.25, 0.3) is 0 Å². The zero-order valence-electron chi connectivity index (χ0n) is 12.4. The van der Waals surface area contributed by atoms with E-state index < -0.39 is 35.7 Å². The van der Waals surface area contributed by atoms with Gasteiger partial charge in [-0.15, -0.1) is 11.3 Å². The summed E-state index contributed by atoms with van der Waals surface area (Å²) in [5.74, 6) is -2.54. The van der Waals surface area contributed by atoms with Crippen molar-refractivity contribution in [2.24, 2.45) is 0 Å². The summed E-state index contributed by atoms with van der Waals surface area (Å²) in [6.45, 7) is 0. The Kier molecular flexibility index (Phi) is 4.02. The van der Waals surface area contributed by atoms with E-state index in [9.17, 15) is 27.6 Å². The molecule has 6 nitrogen and oxygen atoms in total. The predicted molar refractivity (Wildman–Crippen MR) is 78.2 cm³/mol. The third kappa shape index (κ3) is 2.54. The van der Waals surface area contributed by atoms with E-state index in [0.29, 0.717) is 17.7 Å². The first-order chi connectivity index (χ1) is 11.3. The first kappa shape index (κ1) is 16.7. The molecule has 0 radical (unpaired) electrons. The lowest BCUT2D eigenvalue weighted by atomic mass is 10.1. The molecule has 4 amide bonds. The maximum absolute atomic E-state index is 13.6. The molecule has 2 heterocycles. The average Bonchev–Trinajstić information content (AvgIpc) is 3.20. The molecule has 1 aromatic heterocycles. The second kappa shape index (κ2) is 5.76. The molecule has 0 bridgehead atoms. The van der Waals surface area contributed by atoms with Crippen LogP contribution in [-0.2, 0) is 4.79 Å². The average molecular weight is 361 g/mol.